The molecule has 72 valence electrons. The molecule has 3 rings (SSSR count). The van der Waals surface area contributed by atoms with Gasteiger partial charge in [-0.15, -0.1) is 0 Å². The molecular formula is C8H9N5O. The molecule has 0 radical (unpaired) electrons. The molecule has 0 aromatic carbocycles. The minimum atomic E-state index is 0.228. The van der Waals surface area contributed by atoms with E-state index in [2.05, 4.69) is 25.4 Å². The lowest BCUT2D eigenvalue weighted by Gasteiger charge is -2.23. The van der Waals surface area contributed by atoms with Crippen molar-refractivity contribution in [3.8, 4) is 11.6 Å². The highest BCUT2D eigenvalue weighted by molar-refractivity contribution is 5.40. The van der Waals surface area contributed by atoms with E-state index in [4.69, 9.17) is 4.52 Å². The first kappa shape index (κ1) is 7.69. The molecule has 0 saturated carbocycles. The number of aromatic nitrogens is 4. The maximum atomic E-state index is 5.11. The van der Waals surface area contributed by atoms with E-state index in [1.165, 1.54) is 0 Å². The van der Waals surface area contributed by atoms with Crippen molar-refractivity contribution < 1.29 is 4.52 Å². The molecule has 0 aliphatic carbocycles. The first-order chi connectivity index (χ1) is 6.93. The van der Waals surface area contributed by atoms with Crippen molar-refractivity contribution in [1.82, 2.24) is 25.4 Å². The molecule has 2 N–H and O–H groups in total. The minimum absolute atomic E-state index is 0.228. The Morgan fingerprint density at radius 2 is 2.43 bits per heavy atom. The summed E-state index contributed by atoms with van der Waals surface area (Å²) in [5.74, 6) is 1.79. The topological polar surface area (TPSA) is 79.6 Å². The molecule has 6 heteroatoms. The lowest BCUT2D eigenvalue weighted by molar-refractivity contribution is 0.273. The molecule has 3 heterocycles. The lowest BCUT2D eigenvalue weighted by Crippen LogP contribution is -2.35. The summed E-state index contributed by atoms with van der Waals surface area (Å²) >= 11 is 0. The van der Waals surface area contributed by atoms with Crippen molar-refractivity contribution in [1.29, 1.82) is 0 Å². The zero-order valence-electron chi connectivity index (χ0n) is 7.40. The second-order valence-electron chi connectivity index (χ2n) is 3.19. The molecule has 6 nitrogen and oxygen atoms in total. The summed E-state index contributed by atoms with van der Waals surface area (Å²) in [7, 11) is 0. The lowest BCUT2D eigenvalue weighted by atomic mass is 10.1. The molecule has 14 heavy (non-hydrogen) atoms. The van der Waals surface area contributed by atoms with Gasteiger partial charge in [0.2, 0.25) is 11.7 Å². The fourth-order valence-electron chi connectivity index (χ4n) is 1.36. The zero-order chi connectivity index (χ0) is 9.38. The summed E-state index contributed by atoms with van der Waals surface area (Å²) in [5.41, 5.74) is 0. The molecule has 1 fully saturated rings. The molecule has 1 saturated heterocycles. The highest BCUT2D eigenvalue weighted by atomic mass is 16.5. The quantitative estimate of drug-likeness (QED) is 0.722. The number of rotatable bonds is 2. The summed E-state index contributed by atoms with van der Waals surface area (Å²) < 4.78 is 5.11. The molecule has 1 aliphatic heterocycles. The van der Waals surface area contributed by atoms with Gasteiger partial charge in [-0.25, -0.2) is 4.98 Å². The van der Waals surface area contributed by atoms with Gasteiger partial charge in [0, 0.05) is 12.4 Å². The zero-order valence-corrected chi connectivity index (χ0v) is 7.40. The van der Waals surface area contributed by atoms with E-state index in [1.807, 2.05) is 0 Å². The first-order valence-electron chi connectivity index (χ1n) is 4.50. The molecule has 2 aromatic heterocycles. The van der Waals surface area contributed by atoms with Crippen molar-refractivity contribution in [3.05, 3.63) is 18.3 Å². The number of hydrogen-bond acceptors (Lipinski definition) is 5. The van der Waals surface area contributed by atoms with E-state index in [1.54, 1.807) is 12.4 Å². The molecular weight excluding hydrogens is 182 g/mol. The number of hydrogen-bond donors (Lipinski definition) is 2. The van der Waals surface area contributed by atoms with Gasteiger partial charge < -0.3 is 14.8 Å². The van der Waals surface area contributed by atoms with E-state index < -0.39 is 0 Å². The van der Waals surface area contributed by atoms with Gasteiger partial charge in [0.05, 0.1) is 6.04 Å². The predicted molar refractivity (Wildman–Crippen MR) is 47.2 cm³/mol. The third-order valence-electron chi connectivity index (χ3n) is 2.27. The van der Waals surface area contributed by atoms with Gasteiger partial charge in [-0.2, -0.15) is 4.98 Å². The summed E-state index contributed by atoms with van der Waals surface area (Å²) in [4.78, 5) is 11.2. The van der Waals surface area contributed by atoms with E-state index in [-0.39, 0.29) is 6.04 Å². The number of nitrogens with zero attached hydrogens (tertiary/aromatic N) is 3. The fraction of sp³-hybridized carbons (Fsp3) is 0.375. The van der Waals surface area contributed by atoms with Crippen LogP contribution in [-0.2, 0) is 0 Å². The highest BCUT2D eigenvalue weighted by Crippen LogP contribution is 2.22. The van der Waals surface area contributed by atoms with Gasteiger partial charge in [-0.3, -0.25) is 0 Å². The van der Waals surface area contributed by atoms with Crippen LogP contribution in [0, 0.1) is 0 Å². The number of H-pyrrole nitrogens is 1. The third-order valence-corrected chi connectivity index (χ3v) is 2.27. The van der Waals surface area contributed by atoms with Gasteiger partial charge in [0.25, 0.3) is 0 Å². The smallest absolute Gasteiger partial charge is 0.244 e. The Kier molecular flexibility index (Phi) is 1.60. The van der Waals surface area contributed by atoms with Crippen molar-refractivity contribution in [3.63, 3.8) is 0 Å². The van der Waals surface area contributed by atoms with Crippen LogP contribution >= 0.6 is 0 Å². The van der Waals surface area contributed by atoms with Crippen molar-refractivity contribution in [2.45, 2.75) is 12.5 Å². The average molecular weight is 191 g/mol. The number of aromatic amines is 1. The molecule has 1 atom stereocenters. The van der Waals surface area contributed by atoms with Crippen LogP contribution in [0.25, 0.3) is 11.6 Å². The van der Waals surface area contributed by atoms with Gasteiger partial charge in [0.1, 0.15) is 0 Å². The van der Waals surface area contributed by atoms with E-state index in [0.29, 0.717) is 17.5 Å². The summed E-state index contributed by atoms with van der Waals surface area (Å²) in [6.07, 6.45) is 4.44. The van der Waals surface area contributed by atoms with Crippen LogP contribution in [-0.4, -0.2) is 26.7 Å². The second-order valence-corrected chi connectivity index (χ2v) is 3.19. The van der Waals surface area contributed by atoms with E-state index in [0.717, 1.165) is 13.0 Å². The highest BCUT2D eigenvalue weighted by Gasteiger charge is 2.25. The fourth-order valence-corrected chi connectivity index (χ4v) is 1.36. The van der Waals surface area contributed by atoms with Crippen molar-refractivity contribution in [2.75, 3.05) is 6.54 Å². The number of nitrogens with one attached hydrogen (secondary N) is 2. The molecule has 0 spiro atoms. The Morgan fingerprint density at radius 3 is 3.07 bits per heavy atom. The molecule has 1 unspecified atom stereocenters. The summed E-state index contributed by atoms with van der Waals surface area (Å²) in [6, 6.07) is 0.228. The van der Waals surface area contributed by atoms with Gasteiger partial charge in [-0.05, 0) is 13.0 Å². The summed E-state index contributed by atoms with van der Waals surface area (Å²) in [6.45, 7) is 1.02. The Morgan fingerprint density at radius 1 is 1.50 bits per heavy atom. The van der Waals surface area contributed by atoms with Crippen LogP contribution in [0.1, 0.15) is 18.4 Å². The van der Waals surface area contributed by atoms with E-state index >= 15 is 0 Å². The first-order valence-corrected chi connectivity index (χ1v) is 4.50. The maximum absolute atomic E-state index is 5.11. The Labute approximate surface area is 79.7 Å². The Balaban J connectivity index is 1.90. The second kappa shape index (κ2) is 2.91. The Hall–Kier alpha value is -1.69. The predicted octanol–water partition coefficient (Wildman–Crippen LogP) is 0.494. The average Bonchev–Trinajstić information content (AvgIpc) is 2.65. The van der Waals surface area contributed by atoms with Crippen LogP contribution < -0.4 is 5.32 Å². The van der Waals surface area contributed by atoms with Crippen molar-refractivity contribution >= 4 is 0 Å². The van der Waals surface area contributed by atoms with E-state index in [9.17, 15) is 0 Å². The van der Waals surface area contributed by atoms with Gasteiger partial charge in [0.15, 0.2) is 5.82 Å². The Bertz CT molecular complexity index is 417. The summed E-state index contributed by atoms with van der Waals surface area (Å²) in [5, 5.41) is 7.04. The minimum Gasteiger partial charge on any atom is -0.342 e. The normalized spacial score (nSPS) is 20.7. The van der Waals surface area contributed by atoms with Crippen molar-refractivity contribution in [2.24, 2.45) is 0 Å². The molecule has 1 aliphatic rings. The standard InChI is InChI=1S/C8H9N5O/c1-2-9-5(1)8-12-7(13-14-8)6-10-3-4-11-6/h3-5,9H,1-2H2,(H,10,11). The molecule has 0 bridgehead atoms. The largest absolute Gasteiger partial charge is 0.342 e. The van der Waals surface area contributed by atoms with Crippen LogP contribution in [0.2, 0.25) is 0 Å². The molecule has 2 aromatic rings. The van der Waals surface area contributed by atoms with Crippen LogP contribution in [0.3, 0.4) is 0 Å². The van der Waals surface area contributed by atoms with Gasteiger partial charge in [-0.1, -0.05) is 5.16 Å². The van der Waals surface area contributed by atoms with Gasteiger partial charge >= 0.3 is 0 Å². The molecule has 0 amide bonds. The SMILES string of the molecule is c1c[nH]c(-c2noc(C3CCN3)n2)n1. The number of imidazole rings is 1. The van der Waals surface area contributed by atoms with Crippen LogP contribution in [0.4, 0.5) is 0 Å². The van der Waals surface area contributed by atoms with Crippen LogP contribution in [0.5, 0.6) is 0 Å². The van der Waals surface area contributed by atoms with Crippen LogP contribution in [0.15, 0.2) is 16.9 Å². The third kappa shape index (κ3) is 1.12. The maximum Gasteiger partial charge on any atom is 0.244 e. The monoisotopic (exact) mass is 191 g/mol.